The first kappa shape index (κ1) is 28.7. The Hall–Kier alpha value is -2.58. The van der Waals surface area contributed by atoms with Crippen LogP contribution in [0.3, 0.4) is 0 Å². The maximum Gasteiger partial charge on any atom is 0.346 e. The van der Waals surface area contributed by atoms with Gasteiger partial charge in [-0.2, -0.15) is 5.26 Å². The van der Waals surface area contributed by atoms with E-state index in [0.717, 1.165) is 30.8 Å². The second kappa shape index (κ2) is 16.2. The molecule has 0 spiro atoms. The third-order valence-corrected chi connectivity index (χ3v) is 7.50. The average Bonchev–Trinajstić information content (AvgIpc) is 3.27. The zero-order valence-electron chi connectivity index (χ0n) is 21.8. The molecule has 0 aliphatic heterocycles. The monoisotopic (exact) mass is 494 g/mol. The number of carboxylic acid groups (broad SMARTS) is 1. The number of carboxylic acids is 1. The Morgan fingerprint density at radius 2 is 1.54 bits per heavy atom. The predicted octanol–water partition coefficient (Wildman–Crippen LogP) is 8.72. The first-order valence-corrected chi connectivity index (χ1v) is 14.2. The number of rotatable bonds is 17. The van der Waals surface area contributed by atoms with Crippen LogP contribution in [0, 0.1) is 11.3 Å². The largest absolute Gasteiger partial charge is 0.477 e. The summed E-state index contributed by atoms with van der Waals surface area (Å²) in [5, 5.41) is 18.5. The molecule has 0 saturated heterocycles. The van der Waals surface area contributed by atoms with Crippen molar-refractivity contribution in [3.63, 3.8) is 0 Å². The number of nitriles is 1. The summed E-state index contributed by atoms with van der Waals surface area (Å²) in [6, 6.07) is 12.7. The van der Waals surface area contributed by atoms with Gasteiger partial charge in [-0.1, -0.05) is 77.8 Å². The molecule has 0 amide bonds. The van der Waals surface area contributed by atoms with Crippen molar-refractivity contribution in [2.45, 2.75) is 91.4 Å². The molecule has 2 rings (SSSR count). The van der Waals surface area contributed by atoms with Gasteiger partial charge in [-0.25, -0.2) is 4.79 Å². The van der Waals surface area contributed by atoms with Crippen LogP contribution >= 0.6 is 11.3 Å². The standard InChI is InChI=1S/C30H42N2O2S/c1-4-7-10-11-12-13-14-25-21-28(22-26(23-31)30(33)34)35-29(25)24-15-17-27(18-16-24)32(19-8-5-2)20-9-6-3/h15-18,21-22H,4-14,19-20H2,1-3H3,(H,33,34). The maximum absolute atomic E-state index is 11.4. The number of thiophene rings is 1. The van der Waals surface area contributed by atoms with Gasteiger partial charge in [0.15, 0.2) is 0 Å². The molecule has 0 unspecified atom stereocenters. The summed E-state index contributed by atoms with van der Waals surface area (Å²) < 4.78 is 0. The van der Waals surface area contributed by atoms with Gasteiger partial charge in [-0.15, -0.1) is 11.3 Å². The molecule has 35 heavy (non-hydrogen) atoms. The number of carbonyl (C=O) groups is 1. The van der Waals surface area contributed by atoms with Crippen LogP contribution in [-0.2, 0) is 11.2 Å². The van der Waals surface area contributed by atoms with E-state index < -0.39 is 5.97 Å². The van der Waals surface area contributed by atoms with Crippen LogP contribution in [0.25, 0.3) is 16.5 Å². The number of aliphatic carboxylic acids is 1. The minimum atomic E-state index is -1.18. The highest BCUT2D eigenvalue weighted by atomic mass is 32.1. The van der Waals surface area contributed by atoms with E-state index in [-0.39, 0.29) is 5.57 Å². The minimum Gasteiger partial charge on any atom is -0.477 e. The van der Waals surface area contributed by atoms with E-state index in [0.29, 0.717) is 0 Å². The van der Waals surface area contributed by atoms with E-state index in [9.17, 15) is 15.2 Å². The van der Waals surface area contributed by atoms with E-state index in [1.807, 2.05) is 0 Å². The van der Waals surface area contributed by atoms with Crippen LogP contribution in [0.15, 0.2) is 35.9 Å². The summed E-state index contributed by atoms with van der Waals surface area (Å²) in [6.45, 7) is 8.87. The van der Waals surface area contributed by atoms with Crippen LogP contribution in [0.4, 0.5) is 5.69 Å². The van der Waals surface area contributed by atoms with Crippen LogP contribution in [0.2, 0.25) is 0 Å². The van der Waals surface area contributed by atoms with Crippen molar-refractivity contribution < 1.29 is 9.90 Å². The Morgan fingerprint density at radius 3 is 2.11 bits per heavy atom. The van der Waals surface area contributed by atoms with E-state index in [1.165, 1.54) is 85.6 Å². The lowest BCUT2D eigenvalue weighted by Gasteiger charge is -2.25. The molecule has 0 atom stereocenters. The van der Waals surface area contributed by atoms with Crippen molar-refractivity contribution in [3.05, 3.63) is 46.3 Å². The molecule has 0 fully saturated rings. The van der Waals surface area contributed by atoms with Crippen molar-refractivity contribution in [2.24, 2.45) is 0 Å². The Bertz CT molecular complexity index is 961. The highest BCUT2D eigenvalue weighted by molar-refractivity contribution is 7.16. The quantitative estimate of drug-likeness (QED) is 0.136. The lowest BCUT2D eigenvalue weighted by Crippen LogP contribution is -2.25. The molecule has 0 saturated carbocycles. The molecule has 5 heteroatoms. The molecular weight excluding hydrogens is 452 g/mol. The van der Waals surface area contributed by atoms with E-state index in [4.69, 9.17) is 0 Å². The molecule has 190 valence electrons. The van der Waals surface area contributed by atoms with Gasteiger partial charge in [0.05, 0.1) is 0 Å². The van der Waals surface area contributed by atoms with Crippen molar-refractivity contribution >= 4 is 29.1 Å². The van der Waals surface area contributed by atoms with Crippen molar-refractivity contribution in [1.29, 1.82) is 5.26 Å². The number of aryl methyl sites for hydroxylation is 1. The van der Waals surface area contributed by atoms with Crippen molar-refractivity contribution in [3.8, 4) is 16.5 Å². The Balaban J connectivity index is 2.27. The second-order valence-electron chi connectivity index (χ2n) is 9.24. The fourth-order valence-corrected chi connectivity index (χ4v) is 5.38. The van der Waals surface area contributed by atoms with Gasteiger partial charge in [0, 0.05) is 28.5 Å². The van der Waals surface area contributed by atoms with Gasteiger partial charge in [-0.3, -0.25) is 0 Å². The number of hydrogen-bond acceptors (Lipinski definition) is 4. The van der Waals surface area contributed by atoms with Crippen molar-refractivity contribution in [2.75, 3.05) is 18.0 Å². The fourth-order valence-electron chi connectivity index (χ4n) is 4.22. The van der Waals surface area contributed by atoms with Crippen LogP contribution < -0.4 is 4.90 Å². The molecule has 1 N–H and O–H groups in total. The molecule has 0 radical (unpaired) electrons. The Kier molecular flexibility index (Phi) is 13.2. The number of anilines is 1. The van der Waals surface area contributed by atoms with Gasteiger partial charge in [0.1, 0.15) is 11.6 Å². The number of benzene rings is 1. The summed E-state index contributed by atoms with van der Waals surface area (Å²) in [4.78, 5) is 15.9. The minimum absolute atomic E-state index is 0.221. The molecule has 0 aliphatic carbocycles. The van der Waals surface area contributed by atoms with Gasteiger partial charge in [0.25, 0.3) is 0 Å². The molecule has 4 nitrogen and oxygen atoms in total. The molecule has 1 aromatic carbocycles. The zero-order chi connectivity index (χ0) is 25.5. The normalized spacial score (nSPS) is 11.4. The van der Waals surface area contributed by atoms with Gasteiger partial charge >= 0.3 is 5.97 Å². The summed E-state index contributed by atoms with van der Waals surface area (Å²) in [5.74, 6) is -1.18. The summed E-state index contributed by atoms with van der Waals surface area (Å²) >= 11 is 1.58. The molecule has 1 aromatic heterocycles. The predicted molar refractivity (Wildman–Crippen MR) is 150 cm³/mol. The highest BCUT2D eigenvalue weighted by Gasteiger charge is 2.14. The van der Waals surface area contributed by atoms with Gasteiger partial charge in [-0.05, 0) is 61.1 Å². The average molecular weight is 495 g/mol. The Morgan fingerprint density at radius 1 is 0.943 bits per heavy atom. The summed E-state index contributed by atoms with van der Waals surface area (Å²) in [6.07, 6.45) is 14.7. The topological polar surface area (TPSA) is 64.3 Å². The lowest BCUT2D eigenvalue weighted by molar-refractivity contribution is -0.132. The lowest BCUT2D eigenvalue weighted by atomic mass is 10.0. The summed E-state index contributed by atoms with van der Waals surface area (Å²) in [5.41, 5.74) is 3.46. The van der Waals surface area contributed by atoms with E-state index in [2.05, 4.69) is 56.0 Å². The first-order chi connectivity index (χ1) is 17.0. The molecular formula is C30H42N2O2S. The summed E-state index contributed by atoms with van der Waals surface area (Å²) in [7, 11) is 0. The maximum atomic E-state index is 11.4. The van der Waals surface area contributed by atoms with E-state index >= 15 is 0 Å². The second-order valence-corrected chi connectivity index (χ2v) is 10.3. The van der Waals surface area contributed by atoms with Crippen LogP contribution in [-0.4, -0.2) is 24.2 Å². The highest BCUT2D eigenvalue weighted by Crippen LogP contribution is 2.36. The zero-order valence-corrected chi connectivity index (χ0v) is 22.6. The van der Waals surface area contributed by atoms with Gasteiger partial charge < -0.3 is 10.0 Å². The SMILES string of the molecule is CCCCCCCCc1cc(C=C(C#N)C(=O)O)sc1-c1ccc(N(CCCC)CCCC)cc1. The Labute approximate surface area is 216 Å². The molecule has 2 aromatic rings. The molecule has 1 heterocycles. The number of hydrogen-bond donors (Lipinski definition) is 1. The molecule has 0 aliphatic rings. The fraction of sp³-hybridized carbons (Fsp3) is 0.533. The number of nitrogens with zero attached hydrogens (tertiary/aromatic N) is 2. The first-order valence-electron chi connectivity index (χ1n) is 13.4. The third kappa shape index (κ3) is 9.53. The van der Waals surface area contributed by atoms with Crippen LogP contribution in [0.1, 0.15) is 95.4 Å². The van der Waals surface area contributed by atoms with E-state index in [1.54, 1.807) is 17.4 Å². The number of unbranched alkanes of at least 4 members (excludes halogenated alkanes) is 7. The van der Waals surface area contributed by atoms with Gasteiger partial charge in [0.2, 0.25) is 0 Å². The third-order valence-electron chi connectivity index (χ3n) is 6.32. The smallest absolute Gasteiger partial charge is 0.346 e. The van der Waals surface area contributed by atoms with Crippen molar-refractivity contribution in [1.82, 2.24) is 0 Å². The van der Waals surface area contributed by atoms with Crippen LogP contribution in [0.5, 0.6) is 0 Å². The molecule has 0 bridgehead atoms.